The van der Waals surface area contributed by atoms with Crippen LogP contribution in [-0.4, -0.2) is 24.2 Å². The third-order valence-corrected chi connectivity index (χ3v) is 0.532. The summed E-state index contributed by atoms with van der Waals surface area (Å²) in [7, 11) is 0. The third-order valence-electron chi connectivity index (χ3n) is 0.532. The molecule has 0 amide bonds. The molecule has 0 saturated carbocycles. The minimum absolute atomic E-state index is 0. The van der Waals surface area contributed by atoms with Crippen molar-refractivity contribution < 1.29 is 9.90 Å². The molecule has 0 aromatic carbocycles. The van der Waals surface area contributed by atoms with E-state index in [-0.39, 0.29) is 18.0 Å². The summed E-state index contributed by atoms with van der Waals surface area (Å²) in [6, 6.07) is 0. The lowest BCUT2D eigenvalue weighted by molar-refractivity contribution is -0.132. The molecule has 0 saturated heterocycles. The standard InChI is InChI=1S/C4H6O2.C2H8N2.ClH/c1-3(2)4(5)6;3-1-2-4;/h1H2,2H3,(H,5,6);1-4H2;1H. The summed E-state index contributed by atoms with van der Waals surface area (Å²) < 4.78 is 0. The van der Waals surface area contributed by atoms with Crippen LogP contribution < -0.4 is 11.5 Å². The van der Waals surface area contributed by atoms with Crippen LogP contribution in [0.2, 0.25) is 0 Å². The minimum atomic E-state index is -0.935. The summed E-state index contributed by atoms with van der Waals surface area (Å²) in [4.78, 5) is 9.60. The lowest BCUT2D eigenvalue weighted by Crippen LogP contribution is -2.11. The molecule has 5 N–H and O–H groups in total. The first-order chi connectivity index (χ1) is 4.56. The summed E-state index contributed by atoms with van der Waals surface area (Å²) in [5, 5.41) is 7.89. The van der Waals surface area contributed by atoms with Gasteiger partial charge in [0.05, 0.1) is 0 Å². The second-order valence-corrected chi connectivity index (χ2v) is 1.66. The lowest BCUT2D eigenvalue weighted by Gasteiger charge is -1.79. The van der Waals surface area contributed by atoms with Crippen molar-refractivity contribution in [1.29, 1.82) is 0 Å². The molecule has 68 valence electrons. The van der Waals surface area contributed by atoms with Crippen LogP contribution in [-0.2, 0) is 4.79 Å². The number of carboxylic acids is 1. The van der Waals surface area contributed by atoms with Crippen LogP contribution in [0, 0.1) is 0 Å². The van der Waals surface area contributed by atoms with Crippen molar-refractivity contribution in [3.8, 4) is 0 Å². The monoisotopic (exact) mass is 182 g/mol. The number of carboxylic acid groups (broad SMARTS) is 1. The van der Waals surface area contributed by atoms with Gasteiger partial charge in [0.1, 0.15) is 0 Å². The number of aliphatic carboxylic acids is 1. The summed E-state index contributed by atoms with van der Waals surface area (Å²) >= 11 is 0. The molecule has 0 aromatic heterocycles. The van der Waals surface area contributed by atoms with Gasteiger partial charge >= 0.3 is 5.97 Å². The van der Waals surface area contributed by atoms with Gasteiger partial charge in [0.2, 0.25) is 0 Å². The van der Waals surface area contributed by atoms with Crippen molar-refractivity contribution in [2.75, 3.05) is 13.1 Å². The molecule has 0 rings (SSSR count). The van der Waals surface area contributed by atoms with Crippen molar-refractivity contribution in [2.45, 2.75) is 6.92 Å². The first kappa shape index (κ1) is 16.8. The normalized spacial score (nSPS) is 6.82. The maximum absolute atomic E-state index is 9.60. The smallest absolute Gasteiger partial charge is 0.330 e. The van der Waals surface area contributed by atoms with Crippen molar-refractivity contribution in [3.63, 3.8) is 0 Å². The molecule has 0 atom stereocenters. The van der Waals surface area contributed by atoms with Crippen LogP contribution in [0.3, 0.4) is 0 Å². The van der Waals surface area contributed by atoms with Gasteiger partial charge in [-0.05, 0) is 6.92 Å². The molecule has 5 heteroatoms. The van der Waals surface area contributed by atoms with Gasteiger partial charge in [-0.25, -0.2) is 4.79 Å². The van der Waals surface area contributed by atoms with Gasteiger partial charge in [-0.3, -0.25) is 0 Å². The molecule has 0 radical (unpaired) electrons. The fourth-order valence-corrected chi connectivity index (χ4v) is 0. The summed E-state index contributed by atoms with van der Waals surface area (Å²) in [5.74, 6) is -0.935. The fraction of sp³-hybridized carbons (Fsp3) is 0.500. The van der Waals surface area contributed by atoms with Crippen LogP contribution in [0.4, 0.5) is 0 Å². The van der Waals surface area contributed by atoms with Gasteiger partial charge in [0.15, 0.2) is 0 Å². The predicted octanol–water partition coefficient (Wildman–Crippen LogP) is -0.0273. The van der Waals surface area contributed by atoms with Gasteiger partial charge in [-0.1, -0.05) is 6.58 Å². The fourth-order valence-electron chi connectivity index (χ4n) is 0. The average Bonchev–Trinajstić information content (AvgIpc) is 1.89. The SMILES string of the molecule is C=C(C)C(=O)O.Cl.NCCN. The van der Waals surface area contributed by atoms with Crippen molar-refractivity contribution >= 4 is 18.4 Å². The van der Waals surface area contributed by atoms with E-state index in [0.29, 0.717) is 13.1 Å². The van der Waals surface area contributed by atoms with E-state index in [9.17, 15) is 4.79 Å². The third kappa shape index (κ3) is 26.5. The zero-order chi connectivity index (χ0) is 8.57. The number of hydrogen-bond donors (Lipinski definition) is 3. The molecule has 0 bridgehead atoms. The van der Waals surface area contributed by atoms with Gasteiger partial charge in [0, 0.05) is 18.7 Å². The highest BCUT2D eigenvalue weighted by atomic mass is 35.5. The summed E-state index contributed by atoms with van der Waals surface area (Å²) in [6.45, 7) is 5.80. The van der Waals surface area contributed by atoms with E-state index >= 15 is 0 Å². The largest absolute Gasteiger partial charge is 0.478 e. The van der Waals surface area contributed by atoms with Crippen molar-refractivity contribution in [1.82, 2.24) is 0 Å². The first-order valence-electron chi connectivity index (χ1n) is 2.85. The van der Waals surface area contributed by atoms with E-state index < -0.39 is 5.97 Å². The van der Waals surface area contributed by atoms with Crippen LogP contribution in [0.1, 0.15) is 6.92 Å². The summed E-state index contributed by atoms with van der Waals surface area (Å²) in [5.41, 5.74) is 9.98. The molecule has 11 heavy (non-hydrogen) atoms. The topological polar surface area (TPSA) is 89.3 Å². The number of carbonyl (C=O) groups is 1. The summed E-state index contributed by atoms with van der Waals surface area (Å²) in [6.07, 6.45) is 0. The first-order valence-corrected chi connectivity index (χ1v) is 2.85. The quantitative estimate of drug-likeness (QED) is 0.524. The Balaban J connectivity index is -0.000000114. The molecule has 0 spiro atoms. The Morgan fingerprint density at radius 2 is 1.64 bits per heavy atom. The van der Waals surface area contributed by atoms with Crippen LogP contribution in [0.25, 0.3) is 0 Å². The number of rotatable bonds is 2. The van der Waals surface area contributed by atoms with Crippen molar-refractivity contribution in [2.24, 2.45) is 11.5 Å². The van der Waals surface area contributed by atoms with Crippen LogP contribution >= 0.6 is 12.4 Å². The lowest BCUT2D eigenvalue weighted by atomic mass is 10.4. The average molecular weight is 183 g/mol. The van der Waals surface area contributed by atoms with E-state index in [2.05, 4.69) is 6.58 Å². The van der Waals surface area contributed by atoms with E-state index in [1.807, 2.05) is 0 Å². The highest BCUT2D eigenvalue weighted by Crippen LogP contribution is 1.81. The zero-order valence-electron chi connectivity index (χ0n) is 6.54. The molecule has 0 aliphatic rings. The minimum Gasteiger partial charge on any atom is -0.478 e. The molecular formula is C6H15ClN2O2. The van der Waals surface area contributed by atoms with Crippen LogP contribution in [0.5, 0.6) is 0 Å². The number of hydrogen-bond acceptors (Lipinski definition) is 3. The molecule has 0 unspecified atom stereocenters. The maximum atomic E-state index is 9.60. The predicted molar refractivity (Wildman–Crippen MR) is 47.8 cm³/mol. The van der Waals surface area contributed by atoms with Crippen molar-refractivity contribution in [3.05, 3.63) is 12.2 Å². The molecule has 0 aromatic rings. The van der Waals surface area contributed by atoms with E-state index in [0.717, 1.165) is 0 Å². The Morgan fingerprint density at radius 1 is 1.45 bits per heavy atom. The van der Waals surface area contributed by atoms with Gasteiger partial charge in [-0.2, -0.15) is 0 Å². The Kier molecular flexibility index (Phi) is 18.5. The highest BCUT2D eigenvalue weighted by Gasteiger charge is 1.90. The van der Waals surface area contributed by atoms with E-state index in [1.54, 1.807) is 0 Å². The Bertz CT molecular complexity index is 103. The van der Waals surface area contributed by atoms with Crippen LogP contribution in [0.15, 0.2) is 12.2 Å². The highest BCUT2D eigenvalue weighted by molar-refractivity contribution is 5.85. The maximum Gasteiger partial charge on any atom is 0.330 e. The Morgan fingerprint density at radius 3 is 1.64 bits per heavy atom. The van der Waals surface area contributed by atoms with Gasteiger partial charge < -0.3 is 16.6 Å². The second-order valence-electron chi connectivity index (χ2n) is 1.66. The zero-order valence-corrected chi connectivity index (χ0v) is 7.36. The molecule has 4 nitrogen and oxygen atoms in total. The van der Waals surface area contributed by atoms with Gasteiger partial charge in [0.25, 0.3) is 0 Å². The number of halogens is 1. The van der Waals surface area contributed by atoms with E-state index in [4.69, 9.17) is 16.6 Å². The second kappa shape index (κ2) is 12.1. The van der Waals surface area contributed by atoms with E-state index in [1.165, 1.54) is 6.92 Å². The molecule has 0 aliphatic carbocycles. The molecule has 0 fully saturated rings. The number of nitrogens with two attached hydrogens (primary N) is 2. The Labute approximate surface area is 72.7 Å². The van der Waals surface area contributed by atoms with Gasteiger partial charge in [-0.15, -0.1) is 12.4 Å². The molecule has 0 heterocycles. The molecular weight excluding hydrogens is 168 g/mol. The Hall–Kier alpha value is -0.580. The molecule has 0 aliphatic heterocycles.